The lowest BCUT2D eigenvalue weighted by Crippen LogP contribution is -2.39. The molecule has 0 amide bonds. The van der Waals surface area contributed by atoms with Crippen LogP contribution >= 0.6 is 11.3 Å². The smallest absolute Gasteiger partial charge is 0.0951 e. The molecule has 0 saturated carbocycles. The third kappa shape index (κ3) is 2.65. The van der Waals surface area contributed by atoms with Crippen LogP contribution in [-0.4, -0.2) is 34.3 Å². The molecule has 106 valence electrons. The van der Waals surface area contributed by atoms with Gasteiger partial charge >= 0.3 is 0 Å². The summed E-state index contributed by atoms with van der Waals surface area (Å²) in [5.74, 6) is 0. The third-order valence-corrected chi connectivity index (χ3v) is 4.72. The molecule has 0 fully saturated rings. The molecule has 1 aliphatic rings. The van der Waals surface area contributed by atoms with Crippen molar-refractivity contribution in [3.63, 3.8) is 0 Å². The van der Waals surface area contributed by atoms with Gasteiger partial charge in [0.05, 0.1) is 12.7 Å². The summed E-state index contributed by atoms with van der Waals surface area (Å²) in [7, 11) is 0. The number of hydrogen-bond acceptors (Lipinski definition) is 4. The molecule has 1 aromatic carbocycles. The highest BCUT2D eigenvalue weighted by Gasteiger charge is 2.34. The molecule has 2 aromatic rings. The first-order valence-electron chi connectivity index (χ1n) is 6.91. The molecule has 0 saturated heterocycles. The van der Waals surface area contributed by atoms with Crippen molar-refractivity contribution in [2.45, 2.75) is 25.1 Å². The van der Waals surface area contributed by atoms with E-state index >= 15 is 0 Å². The maximum atomic E-state index is 10.5. The van der Waals surface area contributed by atoms with Crippen LogP contribution in [0.15, 0.2) is 41.1 Å². The summed E-state index contributed by atoms with van der Waals surface area (Å²) < 4.78 is 0. The normalized spacial score (nSPS) is 21.4. The van der Waals surface area contributed by atoms with Gasteiger partial charge in [-0.2, -0.15) is 11.3 Å². The second-order valence-electron chi connectivity index (χ2n) is 5.24. The highest BCUT2D eigenvalue weighted by Crippen LogP contribution is 2.34. The molecule has 2 N–H and O–H groups in total. The number of aliphatic hydroxyl groups excluding tert-OH is 2. The molecule has 1 heterocycles. The summed E-state index contributed by atoms with van der Waals surface area (Å²) in [4.78, 5) is 2.19. The van der Waals surface area contributed by atoms with E-state index in [1.165, 1.54) is 11.1 Å². The van der Waals surface area contributed by atoms with Gasteiger partial charge in [0.2, 0.25) is 0 Å². The minimum Gasteiger partial charge on any atom is -0.395 e. The highest BCUT2D eigenvalue weighted by molar-refractivity contribution is 7.07. The number of hydrogen-bond donors (Lipinski definition) is 2. The largest absolute Gasteiger partial charge is 0.395 e. The van der Waals surface area contributed by atoms with Gasteiger partial charge in [-0.3, -0.25) is 4.90 Å². The first-order chi connectivity index (χ1) is 9.79. The molecule has 2 unspecified atom stereocenters. The Morgan fingerprint density at radius 1 is 1.25 bits per heavy atom. The summed E-state index contributed by atoms with van der Waals surface area (Å²) in [6.45, 7) is 1.48. The van der Waals surface area contributed by atoms with Gasteiger partial charge < -0.3 is 10.2 Å². The predicted octanol–water partition coefficient (Wildman–Crippen LogP) is 2.20. The summed E-state index contributed by atoms with van der Waals surface area (Å²) >= 11 is 1.68. The van der Waals surface area contributed by atoms with Crippen molar-refractivity contribution in [2.24, 2.45) is 0 Å². The van der Waals surface area contributed by atoms with Gasteiger partial charge in [-0.05, 0) is 39.9 Å². The molecule has 1 aliphatic carbocycles. The van der Waals surface area contributed by atoms with E-state index in [4.69, 9.17) is 0 Å². The van der Waals surface area contributed by atoms with E-state index in [-0.39, 0.29) is 12.6 Å². The SMILES string of the molecule is OCCN(Cc1ccsc1)C1Cc2ccccc2C1O. The molecular formula is C16H19NO2S. The standard InChI is InChI=1S/C16H19NO2S/c18-7-6-17(10-12-5-8-20-11-12)15-9-13-3-1-2-4-14(13)16(15)19/h1-5,8,11,15-16,18-19H,6-7,9-10H2. The van der Waals surface area contributed by atoms with Crippen LogP contribution in [0.25, 0.3) is 0 Å². The number of nitrogens with zero attached hydrogens (tertiary/aromatic N) is 1. The number of benzene rings is 1. The van der Waals surface area contributed by atoms with Crippen LogP contribution in [0.4, 0.5) is 0 Å². The quantitative estimate of drug-likeness (QED) is 0.887. The average Bonchev–Trinajstić information content (AvgIpc) is 3.07. The van der Waals surface area contributed by atoms with Crippen molar-refractivity contribution >= 4 is 11.3 Å². The van der Waals surface area contributed by atoms with Crippen LogP contribution in [0.5, 0.6) is 0 Å². The van der Waals surface area contributed by atoms with Crippen LogP contribution in [-0.2, 0) is 13.0 Å². The molecule has 20 heavy (non-hydrogen) atoms. The van der Waals surface area contributed by atoms with Crippen molar-refractivity contribution in [2.75, 3.05) is 13.2 Å². The van der Waals surface area contributed by atoms with Crippen LogP contribution in [0.1, 0.15) is 22.8 Å². The monoisotopic (exact) mass is 289 g/mol. The van der Waals surface area contributed by atoms with E-state index in [0.29, 0.717) is 6.54 Å². The zero-order valence-corrected chi connectivity index (χ0v) is 12.1. The Morgan fingerprint density at radius 2 is 2.10 bits per heavy atom. The van der Waals surface area contributed by atoms with Crippen molar-refractivity contribution in [1.82, 2.24) is 4.90 Å². The van der Waals surface area contributed by atoms with E-state index < -0.39 is 6.10 Å². The first kappa shape index (κ1) is 13.8. The van der Waals surface area contributed by atoms with Gasteiger partial charge in [0, 0.05) is 19.1 Å². The Morgan fingerprint density at radius 3 is 2.80 bits per heavy atom. The maximum Gasteiger partial charge on any atom is 0.0951 e. The molecule has 3 nitrogen and oxygen atoms in total. The lowest BCUT2D eigenvalue weighted by Gasteiger charge is -2.30. The van der Waals surface area contributed by atoms with Gasteiger partial charge in [-0.15, -0.1) is 0 Å². The first-order valence-corrected chi connectivity index (χ1v) is 7.85. The lowest BCUT2D eigenvalue weighted by molar-refractivity contribution is 0.0453. The minimum absolute atomic E-state index is 0.0550. The van der Waals surface area contributed by atoms with Crippen molar-refractivity contribution in [3.8, 4) is 0 Å². The number of fused-ring (bicyclic) bond motifs is 1. The second-order valence-corrected chi connectivity index (χ2v) is 6.02. The van der Waals surface area contributed by atoms with E-state index in [1.807, 2.05) is 18.2 Å². The van der Waals surface area contributed by atoms with Crippen molar-refractivity contribution in [3.05, 3.63) is 57.8 Å². The molecule has 4 heteroatoms. The van der Waals surface area contributed by atoms with E-state index in [0.717, 1.165) is 18.5 Å². The fourth-order valence-electron chi connectivity index (χ4n) is 2.99. The minimum atomic E-state index is -0.462. The maximum absolute atomic E-state index is 10.5. The fourth-order valence-corrected chi connectivity index (χ4v) is 3.65. The molecule has 3 rings (SSSR count). The molecule has 0 spiro atoms. The fraction of sp³-hybridized carbons (Fsp3) is 0.375. The van der Waals surface area contributed by atoms with Gasteiger partial charge in [-0.25, -0.2) is 0 Å². The van der Waals surface area contributed by atoms with Gasteiger partial charge in [0.15, 0.2) is 0 Å². The van der Waals surface area contributed by atoms with Crippen LogP contribution < -0.4 is 0 Å². The topological polar surface area (TPSA) is 43.7 Å². The Labute approximate surface area is 123 Å². The lowest BCUT2D eigenvalue weighted by atomic mass is 10.1. The van der Waals surface area contributed by atoms with E-state index in [1.54, 1.807) is 11.3 Å². The molecule has 0 aliphatic heterocycles. The highest BCUT2D eigenvalue weighted by atomic mass is 32.1. The van der Waals surface area contributed by atoms with E-state index in [2.05, 4.69) is 27.8 Å². The number of rotatable bonds is 5. The zero-order chi connectivity index (χ0) is 13.9. The van der Waals surface area contributed by atoms with Gasteiger partial charge in [0.1, 0.15) is 0 Å². The number of aliphatic hydroxyl groups is 2. The zero-order valence-electron chi connectivity index (χ0n) is 11.3. The van der Waals surface area contributed by atoms with Crippen LogP contribution in [0, 0.1) is 0 Å². The number of thiophene rings is 1. The van der Waals surface area contributed by atoms with Crippen molar-refractivity contribution < 1.29 is 10.2 Å². The van der Waals surface area contributed by atoms with Crippen LogP contribution in [0.2, 0.25) is 0 Å². The van der Waals surface area contributed by atoms with Crippen molar-refractivity contribution in [1.29, 1.82) is 0 Å². The molecule has 1 aromatic heterocycles. The van der Waals surface area contributed by atoms with Gasteiger partial charge in [0.25, 0.3) is 0 Å². The van der Waals surface area contributed by atoms with Gasteiger partial charge in [-0.1, -0.05) is 24.3 Å². The summed E-state index contributed by atoms with van der Waals surface area (Å²) in [6.07, 6.45) is 0.387. The average molecular weight is 289 g/mol. The Balaban J connectivity index is 1.79. The van der Waals surface area contributed by atoms with E-state index in [9.17, 15) is 10.2 Å². The molecule has 2 atom stereocenters. The third-order valence-electron chi connectivity index (χ3n) is 3.99. The summed E-state index contributed by atoms with van der Waals surface area (Å²) in [5.41, 5.74) is 3.50. The summed E-state index contributed by atoms with van der Waals surface area (Å²) in [6, 6.07) is 10.2. The molecule has 0 radical (unpaired) electrons. The predicted molar refractivity (Wildman–Crippen MR) is 80.7 cm³/mol. The second kappa shape index (κ2) is 6.06. The Hall–Kier alpha value is -1.20. The molecular weight excluding hydrogens is 270 g/mol. The Bertz CT molecular complexity index is 555. The van der Waals surface area contributed by atoms with Crippen LogP contribution in [0.3, 0.4) is 0 Å². The molecule has 0 bridgehead atoms. The summed E-state index contributed by atoms with van der Waals surface area (Å²) in [5, 5.41) is 24.0. The Kier molecular flexibility index (Phi) is 4.17.